The number of carboxylic acid groups (broad SMARTS) is 1. The fourth-order valence-corrected chi connectivity index (χ4v) is 4.39. The lowest BCUT2D eigenvalue weighted by Gasteiger charge is -2.16. The van der Waals surface area contributed by atoms with Gasteiger partial charge in [0.05, 0.1) is 27.8 Å². The maximum Gasteiger partial charge on any atom is 0.343 e. The molecule has 3 aromatic rings. The van der Waals surface area contributed by atoms with Crippen molar-refractivity contribution in [3.8, 4) is 11.5 Å². The maximum atomic E-state index is 12.6. The number of esters is 1. The number of carboxylic acids is 1. The van der Waals surface area contributed by atoms with Gasteiger partial charge in [0.15, 0.2) is 0 Å². The van der Waals surface area contributed by atoms with E-state index in [1.165, 1.54) is 31.4 Å². The Hall–Kier alpha value is -3.55. The summed E-state index contributed by atoms with van der Waals surface area (Å²) in [7, 11) is 0. The number of unbranched alkanes of at least 4 members (excludes halogenated alkanes) is 4. The van der Waals surface area contributed by atoms with Crippen LogP contribution in [0.2, 0.25) is 10.0 Å². The predicted molar refractivity (Wildman–Crippen MR) is 151 cm³/mol. The number of benzene rings is 3. The Morgan fingerprint density at radius 3 is 2.08 bits per heavy atom. The molecule has 0 heterocycles. The van der Waals surface area contributed by atoms with Crippen LogP contribution in [0.1, 0.15) is 65.3 Å². The molecule has 206 valence electrons. The van der Waals surface area contributed by atoms with Gasteiger partial charge in [-0.1, -0.05) is 74.0 Å². The zero-order valence-electron chi connectivity index (χ0n) is 21.6. The van der Waals surface area contributed by atoms with Crippen molar-refractivity contribution in [1.82, 2.24) is 5.32 Å². The standard InChI is InChI=1S/C30H31Cl2NO6/c1-2-3-4-5-6-18-38-22-16-12-21(13-17-22)30(37)39-23-14-10-20(11-15-23)19-26(29(35)36)33-28(34)27-24(31)8-7-9-25(27)32/h7-17,26H,2-6,18-19H2,1H3,(H,33,34)(H,35,36). The molecule has 0 fully saturated rings. The number of carbonyl (C=O) groups excluding carboxylic acids is 2. The summed E-state index contributed by atoms with van der Waals surface area (Å²) in [5.41, 5.74) is 1.00. The first-order valence-electron chi connectivity index (χ1n) is 12.8. The van der Waals surface area contributed by atoms with Gasteiger partial charge in [0, 0.05) is 6.42 Å². The molecule has 3 aromatic carbocycles. The van der Waals surface area contributed by atoms with Crippen molar-refractivity contribution in [2.45, 2.75) is 51.5 Å². The molecule has 0 saturated heterocycles. The minimum Gasteiger partial charge on any atom is -0.494 e. The van der Waals surface area contributed by atoms with E-state index in [0.29, 0.717) is 29.2 Å². The molecule has 0 spiro atoms. The Bertz CT molecular complexity index is 1240. The van der Waals surface area contributed by atoms with Gasteiger partial charge in [0.1, 0.15) is 17.5 Å². The first-order valence-corrected chi connectivity index (χ1v) is 13.6. The lowest BCUT2D eigenvalue weighted by Crippen LogP contribution is -2.42. The normalized spacial score (nSPS) is 11.5. The maximum absolute atomic E-state index is 12.6. The van der Waals surface area contributed by atoms with E-state index < -0.39 is 23.9 Å². The van der Waals surface area contributed by atoms with Crippen LogP contribution in [-0.2, 0) is 11.2 Å². The number of hydrogen-bond donors (Lipinski definition) is 2. The van der Waals surface area contributed by atoms with Crippen molar-refractivity contribution in [2.75, 3.05) is 6.61 Å². The number of amides is 1. The molecule has 0 aliphatic heterocycles. The summed E-state index contributed by atoms with van der Waals surface area (Å²) in [6, 6.07) is 16.5. The van der Waals surface area contributed by atoms with E-state index in [9.17, 15) is 19.5 Å². The second-order valence-corrected chi connectivity index (χ2v) is 9.80. The molecule has 0 bridgehead atoms. The summed E-state index contributed by atoms with van der Waals surface area (Å²) in [5.74, 6) is -1.43. The number of aliphatic carboxylic acids is 1. The zero-order valence-corrected chi connectivity index (χ0v) is 23.1. The van der Waals surface area contributed by atoms with Gasteiger partial charge in [0.2, 0.25) is 0 Å². The van der Waals surface area contributed by atoms with Crippen molar-refractivity contribution < 1.29 is 29.0 Å². The average Bonchev–Trinajstić information content (AvgIpc) is 2.91. The van der Waals surface area contributed by atoms with Gasteiger partial charge in [-0.3, -0.25) is 4.79 Å². The highest BCUT2D eigenvalue weighted by atomic mass is 35.5. The van der Waals surface area contributed by atoms with Gasteiger partial charge < -0.3 is 19.9 Å². The number of hydrogen-bond acceptors (Lipinski definition) is 5. The predicted octanol–water partition coefficient (Wildman–Crippen LogP) is 6.99. The van der Waals surface area contributed by atoms with Crippen LogP contribution in [-0.4, -0.2) is 35.6 Å². The first kappa shape index (κ1) is 30.0. The largest absolute Gasteiger partial charge is 0.494 e. The van der Waals surface area contributed by atoms with E-state index in [2.05, 4.69) is 12.2 Å². The lowest BCUT2D eigenvalue weighted by molar-refractivity contribution is -0.139. The molecule has 7 nitrogen and oxygen atoms in total. The summed E-state index contributed by atoms with van der Waals surface area (Å²) in [6.07, 6.45) is 5.78. The summed E-state index contributed by atoms with van der Waals surface area (Å²) in [5, 5.41) is 12.3. The molecule has 2 N–H and O–H groups in total. The van der Waals surface area contributed by atoms with E-state index in [1.807, 2.05) is 0 Å². The van der Waals surface area contributed by atoms with Crippen LogP contribution in [0, 0.1) is 0 Å². The van der Waals surface area contributed by atoms with E-state index >= 15 is 0 Å². The molecule has 3 rings (SSSR count). The summed E-state index contributed by atoms with van der Waals surface area (Å²) < 4.78 is 11.2. The highest BCUT2D eigenvalue weighted by molar-refractivity contribution is 6.39. The molecule has 0 aromatic heterocycles. The van der Waals surface area contributed by atoms with Gasteiger partial charge in [-0.05, 0) is 60.5 Å². The van der Waals surface area contributed by atoms with Crippen LogP contribution in [0.5, 0.6) is 11.5 Å². The Morgan fingerprint density at radius 1 is 0.846 bits per heavy atom. The second kappa shape index (κ2) is 15.1. The molecular weight excluding hydrogens is 541 g/mol. The van der Waals surface area contributed by atoms with Crippen LogP contribution < -0.4 is 14.8 Å². The van der Waals surface area contributed by atoms with Crippen molar-refractivity contribution >= 4 is 41.0 Å². The minimum atomic E-state index is -1.23. The van der Waals surface area contributed by atoms with Gasteiger partial charge in [-0.25, -0.2) is 9.59 Å². The molecule has 39 heavy (non-hydrogen) atoms. The van der Waals surface area contributed by atoms with E-state index in [-0.39, 0.29) is 22.0 Å². The smallest absolute Gasteiger partial charge is 0.343 e. The number of ether oxygens (including phenoxy) is 2. The van der Waals surface area contributed by atoms with Gasteiger partial charge in [-0.2, -0.15) is 0 Å². The van der Waals surface area contributed by atoms with E-state index in [0.717, 1.165) is 12.8 Å². The Labute approximate surface area is 238 Å². The Morgan fingerprint density at radius 2 is 1.46 bits per heavy atom. The zero-order chi connectivity index (χ0) is 28.2. The summed E-state index contributed by atoms with van der Waals surface area (Å²) in [4.78, 5) is 36.9. The minimum absolute atomic E-state index is 0.00254. The molecular formula is C30H31Cl2NO6. The number of nitrogens with one attached hydrogen (secondary N) is 1. The number of rotatable bonds is 14. The van der Waals surface area contributed by atoms with Crippen LogP contribution in [0.4, 0.5) is 0 Å². The van der Waals surface area contributed by atoms with Gasteiger partial charge in [-0.15, -0.1) is 0 Å². The molecule has 0 radical (unpaired) electrons. The SMILES string of the molecule is CCCCCCCOc1ccc(C(=O)Oc2ccc(CC(NC(=O)c3c(Cl)cccc3Cl)C(=O)O)cc2)cc1. The van der Waals surface area contributed by atoms with Crippen molar-refractivity contribution in [1.29, 1.82) is 0 Å². The highest BCUT2D eigenvalue weighted by Crippen LogP contribution is 2.24. The second-order valence-electron chi connectivity index (χ2n) is 8.99. The van der Waals surface area contributed by atoms with E-state index in [1.54, 1.807) is 54.6 Å². The summed E-state index contributed by atoms with van der Waals surface area (Å²) >= 11 is 12.1. The number of carbonyl (C=O) groups is 3. The fraction of sp³-hybridized carbons (Fsp3) is 0.300. The van der Waals surface area contributed by atoms with Crippen molar-refractivity contribution in [2.24, 2.45) is 0 Å². The van der Waals surface area contributed by atoms with Crippen LogP contribution in [0.3, 0.4) is 0 Å². The quantitative estimate of drug-likeness (QED) is 0.123. The third kappa shape index (κ3) is 9.30. The summed E-state index contributed by atoms with van der Waals surface area (Å²) in [6.45, 7) is 2.82. The fourth-order valence-electron chi connectivity index (χ4n) is 3.82. The average molecular weight is 572 g/mol. The molecule has 0 aliphatic carbocycles. The molecule has 0 saturated carbocycles. The van der Waals surface area contributed by atoms with Crippen LogP contribution in [0.25, 0.3) is 0 Å². The topological polar surface area (TPSA) is 102 Å². The van der Waals surface area contributed by atoms with E-state index in [4.69, 9.17) is 32.7 Å². The Balaban J connectivity index is 1.53. The van der Waals surface area contributed by atoms with Gasteiger partial charge >= 0.3 is 11.9 Å². The number of halogens is 2. The Kier molecular flexibility index (Phi) is 11.6. The van der Waals surface area contributed by atoms with Crippen molar-refractivity contribution in [3.05, 3.63) is 93.5 Å². The van der Waals surface area contributed by atoms with Gasteiger partial charge in [0.25, 0.3) is 5.91 Å². The third-order valence-corrected chi connectivity index (χ3v) is 6.60. The molecule has 0 aliphatic rings. The molecule has 1 atom stereocenters. The van der Waals surface area contributed by atoms with Crippen LogP contribution in [0.15, 0.2) is 66.7 Å². The van der Waals surface area contributed by atoms with Crippen molar-refractivity contribution in [3.63, 3.8) is 0 Å². The third-order valence-electron chi connectivity index (χ3n) is 5.97. The molecule has 1 unspecified atom stereocenters. The lowest BCUT2D eigenvalue weighted by atomic mass is 10.1. The first-order chi connectivity index (χ1) is 18.8. The monoisotopic (exact) mass is 571 g/mol. The molecule has 9 heteroatoms. The van der Waals surface area contributed by atoms with Crippen LogP contribution >= 0.6 is 23.2 Å². The molecule has 1 amide bonds. The highest BCUT2D eigenvalue weighted by Gasteiger charge is 2.24.